The van der Waals surface area contributed by atoms with Crippen LogP contribution in [0.2, 0.25) is 0 Å². The van der Waals surface area contributed by atoms with E-state index in [9.17, 15) is 4.79 Å². The lowest BCUT2D eigenvalue weighted by Gasteiger charge is -2.10. The summed E-state index contributed by atoms with van der Waals surface area (Å²) in [5, 5.41) is 15.0. The summed E-state index contributed by atoms with van der Waals surface area (Å²) in [6.45, 7) is 4.38. The van der Waals surface area contributed by atoms with Gasteiger partial charge in [-0.2, -0.15) is 0 Å². The first-order chi connectivity index (χ1) is 13.5. The highest BCUT2D eigenvalue weighted by Gasteiger charge is 2.17. The van der Waals surface area contributed by atoms with Crippen LogP contribution in [0.3, 0.4) is 0 Å². The van der Waals surface area contributed by atoms with Gasteiger partial charge in [0.25, 0.3) is 0 Å². The molecule has 0 saturated carbocycles. The average Bonchev–Trinajstić information content (AvgIpc) is 3.15. The number of nitrogens with one attached hydrogen (secondary N) is 2. The van der Waals surface area contributed by atoms with E-state index in [0.29, 0.717) is 11.7 Å². The number of methoxy groups -OCH3 is 1. The maximum Gasteiger partial charge on any atom is 0.233 e. The van der Waals surface area contributed by atoms with Crippen molar-refractivity contribution >= 4 is 39.8 Å². The first-order valence-corrected chi connectivity index (χ1v) is 10.5. The second-order valence-corrected chi connectivity index (χ2v) is 8.70. The van der Waals surface area contributed by atoms with Gasteiger partial charge in [-0.25, -0.2) is 0 Å². The molecule has 0 aliphatic heterocycles. The van der Waals surface area contributed by atoms with Gasteiger partial charge in [-0.1, -0.05) is 53.4 Å². The maximum atomic E-state index is 12.4. The summed E-state index contributed by atoms with van der Waals surface area (Å²) in [4.78, 5) is 12.4. The number of carbonyl (C=O) groups excluding carboxylic acids is 1. The van der Waals surface area contributed by atoms with Crippen LogP contribution >= 0.6 is 23.1 Å². The van der Waals surface area contributed by atoms with Crippen LogP contribution < -0.4 is 15.4 Å². The van der Waals surface area contributed by atoms with E-state index < -0.39 is 0 Å². The molecule has 146 valence electrons. The number of carbonyl (C=O) groups is 1. The molecule has 0 aliphatic rings. The van der Waals surface area contributed by atoms with E-state index in [4.69, 9.17) is 4.74 Å². The van der Waals surface area contributed by atoms with Crippen LogP contribution in [0.25, 0.3) is 0 Å². The summed E-state index contributed by atoms with van der Waals surface area (Å²) in [6, 6.07) is 15.6. The van der Waals surface area contributed by atoms with Gasteiger partial charge >= 0.3 is 0 Å². The highest BCUT2D eigenvalue weighted by atomic mass is 32.2. The van der Waals surface area contributed by atoms with E-state index in [0.717, 1.165) is 26.9 Å². The Balaban J connectivity index is 1.51. The Morgan fingerprint density at radius 2 is 1.93 bits per heavy atom. The molecule has 0 aliphatic carbocycles. The van der Waals surface area contributed by atoms with Crippen molar-refractivity contribution < 1.29 is 9.53 Å². The largest absolute Gasteiger partial charge is 0.497 e. The van der Waals surface area contributed by atoms with Crippen LogP contribution in [0.5, 0.6) is 5.75 Å². The van der Waals surface area contributed by atoms with Gasteiger partial charge < -0.3 is 15.4 Å². The molecule has 1 amide bonds. The average molecular weight is 415 g/mol. The molecule has 0 radical (unpaired) electrons. The third-order valence-electron chi connectivity index (χ3n) is 4.07. The third-order valence-corrected chi connectivity index (χ3v) is 6.09. The van der Waals surface area contributed by atoms with Crippen molar-refractivity contribution in [3.63, 3.8) is 0 Å². The number of aryl methyl sites for hydroxylation is 1. The standard InChI is InChI=1S/C20H22N4O2S2/c1-13-6-4-5-7-17(13)22-19-23-24-20(28-19)27-14(2)18(25)21-12-15-8-10-16(26-3)11-9-15/h4-11,14H,12H2,1-3H3,(H,21,25)(H,22,23)/t14-/m0/s1. The van der Waals surface area contributed by atoms with Gasteiger partial charge in [-0.05, 0) is 43.2 Å². The molecule has 0 unspecified atom stereocenters. The number of para-hydroxylation sites is 1. The van der Waals surface area contributed by atoms with Gasteiger partial charge in [-0.15, -0.1) is 10.2 Å². The van der Waals surface area contributed by atoms with E-state index in [1.165, 1.54) is 23.1 Å². The summed E-state index contributed by atoms with van der Waals surface area (Å²) in [5.74, 6) is 0.759. The lowest BCUT2D eigenvalue weighted by Crippen LogP contribution is -2.30. The summed E-state index contributed by atoms with van der Waals surface area (Å²) < 4.78 is 5.89. The molecular weight excluding hydrogens is 392 g/mol. The molecule has 0 spiro atoms. The Morgan fingerprint density at radius 3 is 2.64 bits per heavy atom. The predicted octanol–water partition coefficient (Wildman–Crippen LogP) is 4.40. The number of hydrogen-bond donors (Lipinski definition) is 2. The summed E-state index contributed by atoms with van der Waals surface area (Å²) >= 11 is 2.84. The highest BCUT2D eigenvalue weighted by Crippen LogP contribution is 2.31. The SMILES string of the molecule is COc1ccc(CNC(=O)[C@H](C)Sc2nnc(Nc3ccccc3C)s2)cc1. The van der Waals surface area contributed by atoms with Gasteiger partial charge in [-0.3, -0.25) is 4.79 Å². The fourth-order valence-corrected chi connectivity index (χ4v) is 4.35. The summed E-state index contributed by atoms with van der Waals surface area (Å²) in [6.07, 6.45) is 0. The van der Waals surface area contributed by atoms with Crippen LogP contribution in [0.1, 0.15) is 18.1 Å². The molecule has 28 heavy (non-hydrogen) atoms. The van der Waals surface area contributed by atoms with E-state index in [1.54, 1.807) is 7.11 Å². The predicted molar refractivity (Wildman–Crippen MR) is 115 cm³/mol. The van der Waals surface area contributed by atoms with Crippen LogP contribution in [-0.4, -0.2) is 28.5 Å². The van der Waals surface area contributed by atoms with Crippen molar-refractivity contribution in [1.29, 1.82) is 0 Å². The van der Waals surface area contributed by atoms with Crippen LogP contribution in [0.15, 0.2) is 52.9 Å². The van der Waals surface area contributed by atoms with Crippen molar-refractivity contribution in [3.8, 4) is 5.75 Å². The smallest absolute Gasteiger partial charge is 0.233 e. The number of hydrogen-bond acceptors (Lipinski definition) is 7. The van der Waals surface area contributed by atoms with E-state index in [1.807, 2.05) is 62.4 Å². The zero-order valence-corrected chi connectivity index (χ0v) is 17.6. The Labute approximate surface area is 172 Å². The lowest BCUT2D eigenvalue weighted by molar-refractivity contribution is -0.120. The van der Waals surface area contributed by atoms with Gasteiger partial charge in [0.1, 0.15) is 5.75 Å². The van der Waals surface area contributed by atoms with E-state index in [-0.39, 0.29) is 11.2 Å². The quantitative estimate of drug-likeness (QED) is 0.532. The molecule has 1 heterocycles. The minimum absolute atomic E-state index is 0.0376. The zero-order chi connectivity index (χ0) is 19.9. The van der Waals surface area contributed by atoms with E-state index in [2.05, 4.69) is 20.8 Å². The molecule has 0 bridgehead atoms. The third kappa shape index (κ3) is 5.46. The number of thioether (sulfide) groups is 1. The number of nitrogens with zero attached hydrogens (tertiary/aromatic N) is 2. The van der Waals surface area contributed by atoms with Crippen molar-refractivity contribution in [2.75, 3.05) is 12.4 Å². The van der Waals surface area contributed by atoms with Crippen LogP contribution in [0.4, 0.5) is 10.8 Å². The zero-order valence-electron chi connectivity index (χ0n) is 15.9. The minimum atomic E-state index is -0.266. The molecule has 3 aromatic rings. The first kappa shape index (κ1) is 20.2. The topological polar surface area (TPSA) is 76.1 Å². The number of benzene rings is 2. The van der Waals surface area contributed by atoms with Gasteiger partial charge in [0.05, 0.1) is 12.4 Å². The molecule has 2 N–H and O–H groups in total. The molecule has 3 rings (SSSR count). The molecule has 1 atom stereocenters. The Morgan fingerprint density at radius 1 is 1.18 bits per heavy atom. The van der Waals surface area contributed by atoms with Gasteiger partial charge in [0, 0.05) is 12.2 Å². The van der Waals surface area contributed by atoms with Crippen LogP contribution in [0, 0.1) is 6.92 Å². The number of ether oxygens (including phenoxy) is 1. The Bertz CT molecular complexity index is 928. The fraction of sp³-hybridized carbons (Fsp3) is 0.250. The molecule has 1 aromatic heterocycles. The Kier molecular flexibility index (Phi) is 6.89. The number of anilines is 2. The van der Waals surface area contributed by atoms with E-state index >= 15 is 0 Å². The monoisotopic (exact) mass is 414 g/mol. The first-order valence-electron chi connectivity index (χ1n) is 8.78. The second-order valence-electron chi connectivity index (χ2n) is 6.14. The van der Waals surface area contributed by atoms with Crippen molar-refractivity contribution in [3.05, 3.63) is 59.7 Å². The molecule has 2 aromatic carbocycles. The highest BCUT2D eigenvalue weighted by molar-refractivity contribution is 8.02. The molecule has 0 fully saturated rings. The summed E-state index contributed by atoms with van der Waals surface area (Å²) in [5.41, 5.74) is 3.16. The molecule has 6 nitrogen and oxygen atoms in total. The lowest BCUT2D eigenvalue weighted by atomic mass is 10.2. The minimum Gasteiger partial charge on any atom is -0.497 e. The van der Waals surface area contributed by atoms with Crippen molar-refractivity contribution in [2.45, 2.75) is 30.0 Å². The molecule has 8 heteroatoms. The normalized spacial score (nSPS) is 11.7. The van der Waals surface area contributed by atoms with Gasteiger partial charge in [0.2, 0.25) is 11.0 Å². The van der Waals surface area contributed by atoms with Gasteiger partial charge in [0.15, 0.2) is 4.34 Å². The molecule has 0 saturated heterocycles. The van der Waals surface area contributed by atoms with Crippen molar-refractivity contribution in [1.82, 2.24) is 15.5 Å². The van der Waals surface area contributed by atoms with Crippen LogP contribution in [-0.2, 0) is 11.3 Å². The molecular formula is C20H22N4O2S2. The number of amides is 1. The van der Waals surface area contributed by atoms with Crippen molar-refractivity contribution in [2.24, 2.45) is 0 Å². The Hall–Kier alpha value is -2.58. The maximum absolute atomic E-state index is 12.4. The fourth-order valence-electron chi connectivity index (χ4n) is 2.42. The summed E-state index contributed by atoms with van der Waals surface area (Å²) in [7, 11) is 1.63. The number of rotatable bonds is 8. The number of aromatic nitrogens is 2. The second kappa shape index (κ2) is 9.57.